The first-order valence-corrected chi connectivity index (χ1v) is 10.3. The molecule has 4 rings (SSSR count). The van der Waals surface area contributed by atoms with Gasteiger partial charge in [-0.2, -0.15) is 0 Å². The number of halogens is 1. The van der Waals surface area contributed by atoms with Gasteiger partial charge in [-0.25, -0.2) is 9.78 Å². The number of benzene rings is 1. The fourth-order valence-electron chi connectivity index (χ4n) is 2.96. The first-order chi connectivity index (χ1) is 14.9. The lowest BCUT2D eigenvalue weighted by Crippen LogP contribution is -2.19. The first-order valence-electron chi connectivity index (χ1n) is 9.92. The average molecular weight is 443 g/mol. The summed E-state index contributed by atoms with van der Waals surface area (Å²) in [5.41, 5.74) is 0.880. The van der Waals surface area contributed by atoms with Crippen molar-refractivity contribution in [3.05, 3.63) is 75.2 Å². The maximum Gasteiger partial charge on any atom is 0.341 e. The molecule has 1 N–H and O–H groups in total. The Morgan fingerprint density at radius 3 is 2.65 bits per heavy atom. The van der Waals surface area contributed by atoms with Crippen molar-refractivity contribution in [2.24, 2.45) is 0 Å². The van der Waals surface area contributed by atoms with Crippen LogP contribution in [0.2, 0.25) is 5.15 Å². The Labute approximate surface area is 184 Å². The molecular formula is C23H23ClN2O5. The summed E-state index contributed by atoms with van der Waals surface area (Å²) in [6.07, 6.45) is 2.55. The summed E-state index contributed by atoms with van der Waals surface area (Å²) in [6.45, 7) is 5.21. The quantitative estimate of drug-likeness (QED) is 0.591. The molecule has 0 bridgehead atoms. The highest BCUT2D eigenvalue weighted by molar-refractivity contribution is 6.31. The number of aromatic carboxylic acids is 1. The second-order valence-corrected chi connectivity index (χ2v) is 7.25. The maximum absolute atomic E-state index is 12.1. The molecule has 31 heavy (non-hydrogen) atoms. The third-order valence-electron chi connectivity index (χ3n) is 4.34. The van der Waals surface area contributed by atoms with Crippen LogP contribution in [-0.4, -0.2) is 27.2 Å². The number of carbonyl (C=O) groups is 1. The fourth-order valence-corrected chi connectivity index (χ4v) is 3.16. The zero-order chi connectivity index (χ0) is 22.4. The highest BCUT2D eigenvalue weighted by Gasteiger charge is 2.22. The normalized spacial score (nSPS) is 11.7. The minimum atomic E-state index is -1.28. The van der Waals surface area contributed by atoms with E-state index in [-0.39, 0.29) is 17.3 Å². The Bertz CT molecular complexity index is 1130. The van der Waals surface area contributed by atoms with E-state index in [4.69, 9.17) is 26.2 Å². The molecule has 8 heteroatoms. The lowest BCUT2D eigenvalue weighted by molar-refractivity contribution is 0.0694. The SMILES string of the molecule is CCC.O=C(O)c1cn2c(cc1=O)-c1nc(Cl)c(OCc3ccccc3)cc1OCC2. The van der Waals surface area contributed by atoms with Crippen LogP contribution in [0.15, 0.2) is 53.5 Å². The van der Waals surface area contributed by atoms with E-state index in [0.29, 0.717) is 36.0 Å². The Morgan fingerprint density at radius 1 is 1.26 bits per heavy atom. The standard InChI is InChI=1S/C20H15ClN2O5.C3H8/c21-19-17(28-11-12-4-2-1-3-5-12)9-16-18(22-19)14-8-15(24)13(20(25)26)10-23(14)6-7-27-16;1-3-2/h1-5,8-10H,6-7,11H2,(H,25,26);3H2,1-2H3. The number of hydrogen-bond acceptors (Lipinski definition) is 5. The molecule has 3 heterocycles. The van der Waals surface area contributed by atoms with E-state index in [9.17, 15) is 9.59 Å². The van der Waals surface area contributed by atoms with Gasteiger partial charge in [-0.05, 0) is 5.56 Å². The van der Waals surface area contributed by atoms with Gasteiger partial charge in [0.15, 0.2) is 22.1 Å². The molecule has 2 aromatic heterocycles. The topological polar surface area (TPSA) is 90.7 Å². The van der Waals surface area contributed by atoms with E-state index < -0.39 is 11.4 Å². The van der Waals surface area contributed by atoms with Gasteiger partial charge in [-0.15, -0.1) is 0 Å². The van der Waals surface area contributed by atoms with Gasteiger partial charge < -0.3 is 19.1 Å². The van der Waals surface area contributed by atoms with Gasteiger partial charge in [0, 0.05) is 18.3 Å². The van der Waals surface area contributed by atoms with Crippen LogP contribution in [0, 0.1) is 0 Å². The molecule has 1 aromatic carbocycles. The largest absolute Gasteiger partial charge is 0.489 e. The number of ether oxygens (including phenoxy) is 2. The lowest BCUT2D eigenvalue weighted by Gasteiger charge is -2.13. The molecule has 1 aliphatic heterocycles. The van der Waals surface area contributed by atoms with E-state index >= 15 is 0 Å². The highest BCUT2D eigenvalue weighted by Crippen LogP contribution is 2.37. The van der Waals surface area contributed by atoms with E-state index in [1.165, 1.54) is 18.7 Å². The molecule has 0 aliphatic carbocycles. The maximum atomic E-state index is 12.1. The van der Waals surface area contributed by atoms with Crippen LogP contribution in [0.3, 0.4) is 0 Å². The minimum Gasteiger partial charge on any atom is -0.489 e. The summed E-state index contributed by atoms with van der Waals surface area (Å²) in [5.74, 6) is -0.496. The summed E-state index contributed by atoms with van der Waals surface area (Å²) in [4.78, 5) is 27.7. The van der Waals surface area contributed by atoms with Gasteiger partial charge in [0.1, 0.15) is 24.5 Å². The van der Waals surface area contributed by atoms with Gasteiger partial charge in [0.05, 0.1) is 12.2 Å². The number of aromatic nitrogens is 2. The fraction of sp³-hybridized carbons (Fsp3) is 0.261. The lowest BCUT2D eigenvalue weighted by atomic mass is 10.1. The van der Waals surface area contributed by atoms with Crippen molar-refractivity contribution in [1.82, 2.24) is 9.55 Å². The number of carboxylic acids is 1. The summed E-state index contributed by atoms with van der Waals surface area (Å²) in [5, 5.41) is 9.29. The summed E-state index contributed by atoms with van der Waals surface area (Å²) < 4.78 is 13.1. The molecule has 0 atom stereocenters. The van der Waals surface area contributed by atoms with Crippen molar-refractivity contribution in [3.63, 3.8) is 0 Å². The van der Waals surface area contributed by atoms with Crippen LogP contribution in [0.5, 0.6) is 11.5 Å². The zero-order valence-electron chi connectivity index (χ0n) is 17.3. The molecule has 0 saturated carbocycles. The molecule has 0 spiro atoms. The molecule has 0 radical (unpaired) electrons. The Morgan fingerprint density at radius 2 is 1.97 bits per heavy atom. The van der Waals surface area contributed by atoms with Crippen molar-refractivity contribution in [2.75, 3.05) is 6.61 Å². The molecule has 0 saturated heterocycles. The van der Waals surface area contributed by atoms with Crippen LogP contribution < -0.4 is 14.9 Å². The third-order valence-corrected chi connectivity index (χ3v) is 4.61. The number of pyridine rings is 2. The van der Waals surface area contributed by atoms with Gasteiger partial charge in [0.25, 0.3) is 0 Å². The molecule has 0 fully saturated rings. The predicted molar refractivity (Wildman–Crippen MR) is 118 cm³/mol. The second-order valence-electron chi connectivity index (χ2n) is 6.89. The molecule has 0 unspecified atom stereocenters. The Kier molecular flexibility index (Phi) is 7.31. The van der Waals surface area contributed by atoms with Crippen molar-refractivity contribution in [2.45, 2.75) is 33.4 Å². The Hall–Kier alpha value is -3.32. The zero-order valence-corrected chi connectivity index (χ0v) is 18.1. The number of rotatable bonds is 4. The summed E-state index contributed by atoms with van der Waals surface area (Å²) in [6, 6.07) is 12.5. The van der Waals surface area contributed by atoms with Gasteiger partial charge >= 0.3 is 5.97 Å². The summed E-state index contributed by atoms with van der Waals surface area (Å²) >= 11 is 6.30. The minimum absolute atomic E-state index is 0.126. The number of nitrogens with zero attached hydrogens (tertiary/aromatic N) is 2. The van der Waals surface area contributed by atoms with Gasteiger partial charge in [-0.3, -0.25) is 4.79 Å². The van der Waals surface area contributed by atoms with Crippen LogP contribution in [-0.2, 0) is 13.2 Å². The second kappa shape index (κ2) is 10.1. The average Bonchev–Trinajstić information content (AvgIpc) is 2.91. The van der Waals surface area contributed by atoms with Crippen LogP contribution in [0.25, 0.3) is 11.4 Å². The molecule has 1 aliphatic rings. The van der Waals surface area contributed by atoms with Crippen LogP contribution in [0.4, 0.5) is 0 Å². The van der Waals surface area contributed by atoms with Crippen molar-refractivity contribution >= 4 is 17.6 Å². The van der Waals surface area contributed by atoms with E-state index in [1.807, 2.05) is 30.3 Å². The van der Waals surface area contributed by atoms with Crippen LogP contribution >= 0.6 is 11.6 Å². The number of carboxylic acid groups (broad SMARTS) is 1. The third kappa shape index (κ3) is 5.24. The number of fused-ring (bicyclic) bond motifs is 3. The summed E-state index contributed by atoms with van der Waals surface area (Å²) in [7, 11) is 0. The Balaban J connectivity index is 0.000000858. The number of hydrogen-bond donors (Lipinski definition) is 1. The van der Waals surface area contributed by atoms with Crippen molar-refractivity contribution in [1.29, 1.82) is 0 Å². The van der Waals surface area contributed by atoms with Gasteiger partial charge in [-0.1, -0.05) is 62.2 Å². The van der Waals surface area contributed by atoms with Crippen molar-refractivity contribution < 1.29 is 19.4 Å². The monoisotopic (exact) mass is 442 g/mol. The molecule has 7 nitrogen and oxygen atoms in total. The van der Waals surface area contributed by atoms with Crippen LogP contribution in [0.1, 0.15) is 36.2 Å². The van der Waals surface area contributed by atoms with E-state index in [0.717, 1.165) is 5.56 Å². The van der Waals surface area contributed by atoms with E-state index in [1.54, 1.807) is 10.6 Å². The highest BCUT2D eigenvalue weighted by atomic mass is 35.5. The molecule has 0 amide bonds. The first kappa shape index (κ1) is 22.4. The molecule has 162 valence electrons. The van der Waals surface area contributed by atoms with E-state index in [2.05, 4.69) is 18.8 Å². The molecule has 3 aromatic rings. The smallest absolute Gasteiger partial charge is 0.341 e. The van der Waals surface area contributed by atoms with Crippen molar-refractivity contribution in [3.8, 4) is 22.9 Å². The van der Waals surface area contributed by atoms with Gasteiger partial charge in [0.2, 0.25) is 0 Å². The predicted octanol–water partition coefficient (Wildman–Crippen LogP) is 4.65. The molecular weight excluding hydrogens is 420 g/mol.